The monoisotopic (exact) mass is 464 g/mol. The van der Waals surface area contributed by atoms with E-state index in [1.807, 2.05) is 6.92 Å². The second-order valence-electron chi connectivity index (χ2n) is 7.53. The number of hydrogen-bond donors (Lipinski definition) is 1. The Morgan fingerprint density at radius 1 is 0.970 bits per heavy atom. The van der Waals surface area contributed by atoms with Gasteiger partial charge < -0.3 is 9.47 Å². The van der Waals surface area contributed by atoms with Gasteiger partial charge in [0.25, 0.3) is 5.91 Å². The van der Waals surface area contributed by atoms with Crippen LogP contribution in [0.4, 0.5) is 13.2 Å². The van der Waals surface area contributed by atoms with Crippen LogP contribution >= 0.6 is 0 Å². The summed E-state index contributed by atoms with van der Waals surface area (Å²) in [5, 5.41) is 3.85. The van der Waals surface area contributed by atoms with Gasteiger partial charge in [0, 0.05) is 5.56 Å². The average molecular weight is 465 g/mol. The number of amides is 1. The fraction of sp³-hybridized carbons (Fsp3) is 0.440. The average Bonchev–Trinajstić information content (AvgIpc) is 2.79. The molecule has 8 heteroatoms. The zero-order valence-electron chi connectivity index (χ0n) is 19.1. The zero-order valence-corrected chi connectivity index (χ0v) is 19.1. The number of nitrogens with zero attached hydrogens (tertiary/aromatic N) is 1. The van der Waals surface area contributed by atoms with Crippen molar-refractivity contribution in [2.24, 2.45) is 5.10 Å². The van der Waals surface area contributed by atoms with E-state index in [9.17, 15) is 18.0 Å². The predicted octanol–water partition coefficient (Wildman–Crippen LogP) is 6.61. The Kier molecular flexibility index (Phi) is 10.7. The number of nitrogens with one attached hydrogen (secondary N) is 1. The first-order chi connectivity index (χ1) is 15.8. The van der Waals surface area contributed by atoms with E-state index in [2.05, 4.69) is 17.5 Å². The van der Waals surface area contributed by atoms with Crippen LogP contribution < -0.4 is 14.9 Å². The number of carbonyl (C=O) groups excluding carboxylic acids is 1. The molecule has 2 aromatic rings. The van der Waals surface area contributed by atoms with E-state index >= 15 is 0 Å². The lowest BCUT2D eigenvalue weighted by Crippen LogP contribution is -2.18. The maximum absolute atomic E-state index is 12.8. The van der Waals surface area contributed by atoms with Gasteiger partial charge in [0.2, 0.25) is 0 Å². The minimum Gasteiger partial charge on any atom is -0.490 e. The molecule has 0 aromatic heterocycles. The van der Waals surface area contributed by atoms with Crippen molar-refractivity contribution in [2.45, 2.75) is 58.5 Å². The van der Waals surface area contributed by atoms with Gasteiger partial charge in [-0.1, -0.05) is 45.1 Å². The summed E-state index contributed by atoms with van der Waals surface area (Å²) in [6.07, 6.45) is 3.91. The van der Waals surface area contributed by atoms with E-state index < -0.39 is 17.6 Å². The Labute approximate surface area is 193 Å². The highest BCUT2D eigenvalue weighted by molar-refractivity contribution is 5.95. The van der Waals surface area contributed by atoms with Crippen molar-refractivity contribution in [2.75, 3.05) is 13.2 Å². The number of unbranched alkanes of at least 4 members (excludes halogenated alkanes) is 5. The molecule has 180 valence electrons. The fourth-order valence-electron chi connectivity index (χ4n) is 3.12. The first kappa shape index (κ1) is 26.2. The molecule has 0 atom stereocenters. The van der Waals surface area contributed by atoms with Crippen LogP contribution in [0.25, 0.3) is 0 Å². The molecule has 1 amide bonds. The molecule has 0 fully saturated rings. The number of carbonyl (C=O) groups is 1. The number of hydrazone groups is 1. The van der Waals surface area contributed by atoms with Gasteiger partial charge in [-0.2, -0.15) is 18.3 Å². The summed E-state index contributed by atoms with van der Waals surface area (Å²) in [4.78, 5) is 12.1. The van der Waals surface area contributed by atoms with Crippen molar-refractivity contribution < 1.29 is 27.4 Å². The zero-order chi connectivity index (χ0) is 24.1. The molecule has 5 nitrogen and oxygen atoms in total. The smallest absolute Gasteiger partial charge is 0.416 e. The summed E-state index contributed by atoms with van der Waals surface area (Å²) in [5.74, 6) is 0.466. The highest BCUT2D eigenvalue weighted by Gasteiger charge is 2.30. The highest BCUT2D eigenvalue weighted by atomic mass is 19.4. The Hall–Kier alpha value is -3.03. The van der Waals surface area contributed by atoms with Gasteiger partial charge >= 0.3 is 6.18 Å². The Morgan fingerprint density at radius 3 is 2.45 bits per heavy atom. The summed E-state index contributed by atoms with van der Waals surface area (Å²) in [5.41, 5.74) is 1.87. The van der Waals surface area contributed by atoms with Crippen LogP contribution in [0.3, 0.4) is 0 Å². The van der Waals surface area contributed by atoms with Crippen molar-refractivity contribution in [3.05, 3.63) is 59.2 Å². The van der Waals surface area contributed by atoms with Crippen LogP contribution in [0.1, 0.15) is 73.9 Å². The van der Waals surface area contributed by atoms with Crippen LogP contribution in [0, 0.1) is 0 Å². The van der Waals surface area contributed by atoms with Crippen molar-refractivity contribution in [1.82, 2.24) is 5.43 Å². The molecule has 0 aliphatic carbocycles. The number of halogens is 3. The summed E-state index contributed by atoms with van der Waals surface area (Å²) >= 11 is 0. The Bertz CT molecular complexity index is 914. The topological polar surface area (TPSA) is 59.9 Å². The molecule has 2 rings (SSSR count). The summed E-state index contributed by atoms with van der Waals surface area (Å²) < 4.78 is 50.0. The minimum absolute atomic E-state index is 0.129. The van der Waals surface area contributed by atoms with E-state index in [1.54, 1.807) is 18.2 Å². The normalized spacial score (nSPS) is 11.5. The Balaban J connectivity index is 1.93. The maximum atomic E-state index is 12.8. The molecule has 0 saturated carbocycles. The highest BCUT2D eigenvalue weighted by Crippen LogP contribution is 2.30. The van der Waals surface area contributed by atoms with E-state index in [0.29, 0.717) is 30.3 Å². The molecule has 0 unspecified atom stereocenters. The predicted molar refractivity (Wildman–Crippen MR) is 123 cm³/mol. The van der Waals surface area contributed by atoms with Gasteiger partial charge in [-0.05, 0) is 55.3 Å². The van der Waals surface area contributed by atoms with Gasteiger partial charge in [0.15, 0.2) is 11.5 Å². The second kappa shape index (κ2) is 13.5. The summed E-state index contributed by atoms with van der Waals surface area (Å²) in [6.45, 7) is 5.12. The first-order valence-electron chi connectivity index (χ1n) is 11.3. The van der Waals surface area contributed by atoms with Gasteiger partial charge in [0.05, 0.1) is 25.0 Å². The molecule has 33 heavy (non-hydrogen) atoms. The van der Waals surface area contributed by atoms with E-state index in [4.69, 9.17) is 9.47 Å². The molecule has 1 N–H and O–H groups in total. The lowest BCUT2D eigenvalue weighted by Gasteiger charge is -2.12. The van der Waals surface area contributed by atoms with Crippen LogP contribution in [0.5, 0.6) is 11.5 Å². The molecular formula is C25H31F3N2O3. The number of hydrogen-bond acceptors (Lipinski definition) is 4. The van der Waals surface area contributed by atoms with Crippen molar-refractivity contribution in [3.63, 3.8) is 0 Å². The van der Waals surface area contributed by atoms with Gasteiger partial charge in [-0.25, -0.2) is 5.43 Å². The molecular weight excluding hydrogens is 433 g/mol. The molecule has 0 aliphatic rings. The lowest BCUT2D eigenvalue weighted by molar-refractivity contribution is -0.137. The SMILES string of the molecule is CCCCCCCCOc1ccc(/C=N/NC(=O)c2cccc(C(F)(F)F)c2)cc1OCC. The summed E-state index contributed by atoms with van der Waals surface area (Å²) in [6, 6.07) is 9.44. The van der Waals surface area contributed by atoms with Crippen LogP contribution in [0.2, 0.25) is 0 Å². The number of alkyl halides is 3. The molecule has 0 spiro atoms. The van der Waals surface area contributed by atoms with E-state index in [-0.39, 0.29) is 5.56 Å². The molecule has 0 radical (unpaired) electrons. The quantitative estimate of drug-likeness (QED) is 0.206. The lowest BCUT2D eigenvalue weighted by atomic mass is 10.1. The number of ether oxygens (including phenoxy) is 2. The first-order valence-corrected chi connectivity index (χ1v) is 11.3. The molecule has 2 aromatic carbocycles. The second-order valence-corrected chi connectivity index (χ2v) is 7.53. The molecule has 0 bridgehead atoms. The van der Waals surface area contributed by atoms with Crippen LogP contribution in [-0.4, -0.2) is 25.3 Å². The molecule has 0 saturated heterocycles. The molecule has 0 aliphatic heterocycles. The van der Waals surface area contributed by atoms with Crippen LogP contribution in [-0.2, 0) is 6.18 Å². The third kappa shape index (κ3) is 9.16. The number of benzene rings is 2. The third-order valence-electron chi connectivity index (χ3n) is 4.85. The van der Waals surface area contributed by atoms with Gasteiger partial charge in [-0.3, -0.25) is 4.79 Å². The fourth-order valence-corrected chi connectivity index (χ4v) is 3.12. The minimum atomic E-state index is -4.52. The third-order valence-corrected chi connectivity index (χ3v) is 4.85. The summed E-state index contributed by atoms with van der Waals surface area (Å²) in [7, 11) is 0. The standard InChI is InChI=1S/C25H31F3N2O3/c1-3-5-6-7-8-9-15-33-22-14-13-19(16-23(22)32-4-2)18-29-30-24(31)20-11-10-12-21(17-20)25(26,27)28/h10-14,16-18H,3-9,15H2,1-2H3,(H,30,31)/b29-18+. The Morgan fingerprint density at radius 2 is 1.73 bits per heavy atom. The van der Waals surface area contributed by atoms with Crippen LogP contribution in [0.15, 0.2) is 47.6 Å². The van der Waals surface area contributed by atoms with Gasteiger partial charge in [0.1, 0.15) is 0 Å². The van der Waals surface area contributed by atoms with Crippen molar-refractivity contribution in [3.8, 4) is 11.5 Å². The van der Waals surface area contributed by atoms with E-state index in [0.717, 1.165) is 25.0 Å². The largest absolute Gasteiger partial charge is 0.490 e. The van der Waals surface area contributed by atoms with E-state index in [1.165, 1.54) is 44.0 Å². The maximum Gasteiger partial charge on any atom is 0.416 e. The van der Waals surface area contributed by atoms with Crippen molar-refractivity contribution in [1.29, 1.82) is 0 Å². The van der Waals surface area contributed by atoms with Crippen molar-refractivity contribution >= 4 is 12.1 Å². The number of rotatable bonds is 13. The van der Waals surface area contributed by atoms with Gasteiger partial charge in [-0.15, -0.1) is 0 Å². The molecule has 0 heterocycles.